The highest BCUT2D eigenvalue weighted by Crippen LogP contribution is 2.03. The second-order valence-electron chi connectivity index (χ2n) is 4.10. The van der Waals surface area contributed by atoms with Crippen molar-refractivity contribution in [3.8, 4) is 0 Å². The zero-order chi connectivity index (χ0) is 13.5. The molecule has 18 heavy (non-hydrogen) atoms. The van der Waals surface area contributed by atoms with Crippen molar-refractivity contribution in [1.29, 1.82) is 0 Å². The van der Waals surface area contributed by atoms with Gasteiger partial charge in [-0.1, -0.05) is 23.8 Å². The summed E-state index contributed by atoms with van der Waals surface area (Å²) >= 11 is 0. The molecule has 0 radical (unpaired) electrons. The topological polar surface area (TPSA) is 58.2 Å². The molecule has 0 aliphatic heterocycles. The summed E-state index contributed by atoms with van der Waals surface area (Å²) in [6.45, 7) is 7.46. The third kappa shape index (κ3) is 4.05. The van der Waals surface area contributed by atoms with E-state index < -0.39 is 6.04 Å². The summed E-state index contributed by atoms with van der Waals surface area (Å²) in [5.74, 6) is -0.476. The van der Waals surface area contributed by atoms with E-state index in [1.807, 2.05) is 19.1 Å². The molecule has 2 amide bonds. The Bertz CT molecular complexity index is 455. The summed E-state index contributed by atoms with van der Waals surface area (Å²) in [5, 5.41) is 5.28. The summed E-state index contributed by atoms with van der Waals surface area (Å²) in [5.41, 5.74) is 1.56. The monoisotopic (exact) mass is 246 g/mol. The molecule has 1 aromatic rings. The fourth-order valence-corrected chi connectivity index (χ4v) is 1.46. The molecule has 0 bridgehead atoms. The molecule has 4 heteroatoms. The van der Waals surface area contributed by atoms with E-state index in [0.717, 1.165) is 5.56 Å². The van der Waals surface area contributed by atoms with Crippen LogP contribution in [0.1, 0.15) is 22.8 Å². The number of carbonyl (C=O) groups is 2. The molecule has 0 aliphatic carbocycles. The molecular formula is C14H18N2O2. The standard InChI is InChI=1S/C14H18N2O2/c1-4-8-15-13(17)11(3)16-14(18)12-7-5-6-10(2)9-12/h4-7,9,11H,1,8H2,2-3H3,(H,15,17)(H,16,18)/t11-/m0/s1. The van der Waals surface area contributed by atoms with E-state index in [0.29, 0.717) is 12.1 Å². The molecule has 0 heterocycles. The van der Waals surface area contributed by atoms with Crippen molar-refractivity contribution in [2.24, 2.45) is 0 Å². The zero-order valence-electron chi connectivity index (χ0n) is 10.7. The van der Waals surface area contributed by atoms with Gasteiger partial charge in [-0.2, -0.15) is 0 Å². The molecule has 1 atom stereocenters. The van der Waals surface area contributed by atoms with E-state index >= 15 is 0 Å². The molecule has 4 nitrogen and oxygen atoms in total. The maximum atomic E-state index is 11.9. The maximum Gasteiger partial charge on any atom is 0.251 e. The van der Waals surface area contributed by atoms with Crippen LogP contribution in [0.5, 0.6) is 0 Å². The van der Waals surface area contributed by atoms with Gasteiger partial charge in [0.15, 0.2) is 0 Å². The first kappa shape index (κ1) is 14.0. The van der Waals surface area contributed by atoms with E-state index in [4.69, 9.17) is 0 Å². The molecule has 1 aromatic carbocycles. The van der Waals surface area contributed by atoms with Crippen molar-refractivity contribution < 1.29 is 9.59 Å². The predicted octanol–water partition coefficient (Wildman–Crippen LogP) is 1.42. The fraction of sp³-hybridized carbons (Fsp3) is 0.286. The van der Waals surface area contributed by atoms with Gasteiger partial charge in [-0.25, -0.2) is 0 Å². The van der Waals surface area contributed by atoms with E-state index in [1.54, 1.807) is 25.1 Å². The predicted molar refractivity (Wildman–Crippen MR) is 71.3 cm³/mol. The fourth-order valence-electron chi connectivity index (χ4n) is 1.46. The van der Waals surface area contributed by atoms with E-state index in [1.165, 1.54) is 0 Å². The van der Waals surface area contributed by atoms with Crippen molar-refractivity contribution in [2.75, 3.05) is 6.54 Å². The van der Waals surface area contributed by atoms with Gasteiger partial charge in [-0.3, -0.25) is 9.59 Å². The van der Waals surface area contributed by atoms with Crippen LogP contribution in [0, 0.1) is 6.92 Å². The number of benzene rings is 1. The lowest BCUT2D eigenvalue weighted by atomic mass is 10.1. The second-order valence-corrected chi connectivity index (χ2v) is 4.10. The average Bonchev–Trinajstić information content (AvgIpc) is 2.35. The van der Waals surface area contributed by atoms with Crippen LogP contribution in [-0.4, -0.2) is 24.4 Å². The molecule has 0 saturated carbocycles. The molecule has 0 spiro atoms. The van der Waals surface area contributed by atoms with Gasteiger partial charge in [-0.15, -0.1) is 6.58 Å². The summed E-state index contributed by atoms with van der Waals surface area (Å²) in [7, 11) is 0. The number of amides is 2. The van der Waals surface area contributed by atoms with Crippen LogP contribution < -0.4 is 10.6 Å². The largest absolute Gasteiger partial charge is 0.351 e. The molecule has 0 unspecified atom stereocenters. The Labute approximate surface area is 107 Å². The molecule has 0 saturated heterocycles. The van der Waals surface area contributed by atoms with Gasteiger partial charge in [-0.05, 0) is 26.0 Å². The Morgan fingerprint density at radius 1 is 1.44 bits per heavy atom. The summed E-state index contributed by atoms with van der Waals surface area (Å²) in [4.78, 5) is 23.4. The van der Waals surface area contributed by atoms with Gasteiger partial charge < -0.3 is 10.6 Å². The van der Waals surface area contributed by atoms with Crippen LogP contribution in [0.25, 0.3) is 0 Å². The molecule has 0 aliphatic rings. The normalized spacial score (nSPS) is 11.4. The van der Waals surface area contributed by atoms with Crippen molar-refractivity contribution in [2.45, 2.75) is 19.9 Å². The van der Waals surface area contributed by atoms with Crippen LogP contribution >= 0.6 is 0 Å². The van der Waals surface area contributed by atoms with Crippen molar-refractivity contribution in [3.63, 3.8) is 0 Å². The third-order valence-corrected chi connectivity index (χ3v) is 2.44. The lowest BCUT2D eigenvalue weighted by molar-refractivity contribution is -0.122. The Hall–Kier alpha value is -2.10. The summed E-state index contributed by atoms with van der Waals surface area (Å²) in [6, 6.07) is 6.65. The first-order valence-corrected chi connectivity index (χ1v) is 5.80. The number of rotatable bonds is 5. The quantitative estimate of drug-likeness (QED) is 0.772. The van der Waals surface area contributed by atoms with Gasteiger partial charge in [0, 0.05) is 12.1 Å². The first-order chi connectivity index (χ1) is 8.54. The highest BCUT2D eigenvalue weighted by Gasteiger charge is 2.15. The smallest absolute Gasteiger partial charge is 0.251 e. The van der Waals surface area contributed by atoms with Crippen LogP contribution in [0.15, 0.2) is 36.9 Å². The molecule has 0 aromatic heterocycles. The second kappa shape index (κ2) is 6.59. The third-order valence-electron chi connectivity index (χ3n) is 2.44. The summed E-state index contributed by atoms with van der Waals surface area (Å²) < 4.78 is 0. The average molecular weight is 246 g/mol. The Morgan fingerprint density at radius 2 is 2.17 bits per heavy atom. The van der Waals surface area contributed by atoms with Crippen LogP contribution in [0.3, 0.4) is 0 Å². The van der Waals surface area contributed by atoms with Gasteiger partial charge in [0.2, 0.25) is 5.91 Å². The number of carbonyl (C=O) groups excluding carboxylic acids is 2. The van der Waals surface area contributed by atoms with Gasteiger partial charge >= 0.3 is 0 Å². The SMILES string of the molecule is C=CCNC(=O)[C@H](C)NC(=O)c1cccc(C)c1. The highest BCUT2D eigenvalue weighted by atomic mass is 16.2. The van der Waals surface area contributed by atoms with E-state index in [2.05, 4.69) is 17.2 Å². The van der Waals surface area contributed by atoms with E-state index in [-0.39, 0.29) is 11.8 Å². The lowest BCUT2D eigenvalue weighted by Gasteiger charge is -2.13. The lowest BCUT2D eigenvalue weighted by Crippen LogP contribution is -2.44. The molecular weight excluding hydrogens is 228 g/mol. The van der Waals surface area contributed by atoms with Crippen LogP contribution in [0.2, 0.25) is 0 Å². The highest BCUT2D eigenvalue weighted by molar-refractivity contribution is 5.97. The number of hydrogen-bond donors (Lipinski definition) is 2. The van der Waals surface area contributed by atoms with Crippen LogP contribution in [-0.2, 0) is 4.79 Å². The number of hydrogen-bond acceptors (Lipinski definition) is 2. The number of aryl methyl sites for hydroxylation is 1. The summed E-state index contributed by atoms with van der Waals surface area (Å²) in [6.07, 6.45) is 1.59. The van der Waals surface area contributed by atoms with Crippen LogP contribution in [0.4, 0.5) is 0 Å². The Kier molecular flexibility index (Phi) is 5.11. The minimum absolute atomic E-state index is 0.226. The molecule has 96 valence electrons. The maximum absolute atomic E-state index is 11.9. The van der Waals surface area contributed by atoms with Crippen molar-refractivity contribution in [3.05, 3.63) is 48.0 Å². The first-order valence-electron chi connectivity index (χ1n) is 5.80. The van der Waals surface area contributed by atoms with Crippen molar-refractivity contribution >= 4 is 11.8 Å². The number of nitrogens with one attached hydrogen (secondary N) is 2. The Balaban J connectivity index is 2.59. The van der Waals surface area contributed by atoms with Gasteiger partial charge in [0.25, 0.3) is 5.91 Å². The van der Waals surface area contributed by atoms with E-state index in [9.17, 15) is 9.59 Å². The molecule has 1 rings (SSSR count). The molecule has 2 N–H and O–H groups in total. The minimum Gasteiger partial charge on any atom is -0.351 e. The Morgan fingerprint density at radius 3 is 2.78 bits per heavy atom. The van der Waals surface area contributed by atoms with Crippen molar-refractivity contribution in [1.82, 2.24) is 10.6 Å². The zero-order valence-corrected chi connectivity index (χ0v) is 10.7. The molecule has 0 fully saturated rings. The van der Waals surface area contributed by atoms with Gasteiger partial charge in [0.1, 0.15) is 6.04 Å². The van der Waals surface area contributed by atoms with Gasteiger partial charge in [0.05, 0.1) is 0 Å². The minimum atomic E-state index is -0.571.